The number of amides is 2. The van der Waals surface area contributed by atoms with E-state index < -0.39 is 24.0 Å². The van der Waals surface area contributed by atoms with Gasteiger partial charge in [0.05, 0.1) is 23.6 Å². The van der Waals surface area contributed by atoms with Crippen LogP contribution in [0.15, 0.2) is 47.7 Å². The summed E-state index contributed by atoms with van der Waals surface area (Å²) in [5.74, 6) is 0.866. The number of carbonyl (C=O) groups is 1. The van der Waals surface area contributed by atoms with Crippen LogP contribution in [0.1, 0.15) is 24.8 Å². The summed E-state index contributed by atoms with van der Waals surface area (Å²) in [5, 5.41) is 10.5. The van der Waals surface area contributed by atoms with E-state index in [4.69, 9.17) is 0 Å². The number of urea groups is 1. The minimum absolute atomic E-state index is 0.00213. The first-order chi connectivity index (χ1) is 15.3. The highest BCUT2D eigenvalue weighted by molar-refractivity contribution is 5.94. The van der Waals surface area contributed by atoms with Crippen molar-refractivity contribution in [3.8, 4) is 0 Å². The average Bonchev–Trinajstić information content (AvgIpc) is 3.43. The molecule has 4 rings (SSSR count). The van der Waals surface area contributed by atoms with Crippen LogP contribution in [0.2, 0.25) is 0 Å². The Labute approximate surface area is 184 Å². The largest absolute Gasteiger partial charge is 0.431 e. The van der Waals surface area contributed by atoms with Crippen LogP contribution in [0.5, 0.6) is 0 Å². The summed E-state index contributed by atoms with van der Waals surface area (Å²) in [5.41, 5.74) is 1.12. The average molecular weight is 446 g/mol. The Balaban J connectivity index is 1.37. The molecule has 0 spiro atoms. The van der Waals surface area contributed by atoms with Gasteiger partial charge in [0.15, 0.2) is 0 Å². The molecule has 1 unspecified atom stereocenters. The lowest BCUT2D eigenvalue weighted by atomic mass is 10.1. The molecule has 7 nitrogen and oxygen atoms in total. The van der Waals surface area contributed by atoms with Crippen LogP contribution < -0.4 is 20.5 Å². The summed E-state index contributed by atoms with van der Waals surface area (Å²) >= 11 is 0. The standard InChI is InChI=1S/C22H25F3N6O/c1-15-5-4-6-17(11-15)31-18(12-19(29-31)22(23,24)25)14-27-21(32)28-16-7-8-20(26-13-16)30-9-2-3-10-30/h4-8,11,13,18H,2-3,9-10,12,14H2,1H3,(H2,27,28,32). The minimum atomic E-state index is -4.51. The summed E-state index contributed by atoms with van der Waals surface area (Å²) in [4.78, 5) is 18.9. The van der Waals surface area contributed by atoms with Gasteiger partial charge < -0.3 is 15.5 Å². The van der Waals surface area contributed by atoms with Crippen molar-refractivity contribution in [3.05, 3.63) is 48.2 Å². The van der Waals surface area contributed by atoms with Gasteiger partial charge in [0.1, 0.15) is 11.5 Å². The van der Waals surface area contributed by atoms with Gasteiger partial charge in [-0.1, -0.05) is 12.1 Å². The topological polar surface area (TPSA) is 72.9 Å². The second-order valence-electron chi connectivity index (χ2n) is 8.02. The van der Waals surface area contributed by atoms with Crippen molar-refractivity contribution in [1.82, 2.24) is 10.3 Å². The Morgan fingerprint density at radius 1 is 1.19 bits per heavy atom. The summed E-state index contributed by atoms with van der Waals surface area (Å²) in [6.07, 6.45) is -0.951. The Hall–Kier alpha value is -3.30. The minimum Gasteiger partial charge on any atom is -0.357 e. The van der Waals surface area contributed by atoms with Crippen molar-refractivity contribution >= 4 is 28.9 Å². The number of hydrogen-bond acceptors (Lipinski definition) is 5. The van der Waals surface area contributed by atoms with Gasteiger partial charge in [-0.15, -0.1) is 0 Å². The van der Waals surface area contributed by atoms with E-state index >= 15 is 0 Å². The molecule has 1 saturated heterocycles. The van der Waals surface area contributed by atoms with Crippen molar-refractivity contribution in [2.45, 2.75) is 38.4 Å². The highest BCUT2D eigenvalue weighted by Gasteiger charge is 2.43. The number of halogens is 3. The lowest BCUT2D eigenvalue weighted by Gasteiger charge is -2.24. The fourth-order valence-electron chi connectivity index (χ4n) is 3.91. The maximum absolute atomic E-state index is 13.3. The maximum atomic E-state index is 13.3. The van der Waals surface area contributed by atoms with E-state index in [1.54, 1.807) is 30.5 Å². The maximum Gasteiger partial charge on any atom is 0.431 e. The normalized spacial score (nSPS) is 18.6. The molecule has 0 aliphatic carbocycles. The van der Waals surface area contributed by atoms with Gasteiger partial charge in [-0.25, -0.2) is 9.78 Å². The molecule has 1 atom stereocenters. The zero-order valence-corrected chi connectivity index (χ0v) is 17.7. The molecule has 2 N–H and O–H groups in total. The summed E-state index contributed by atoms with van der Waals surface area (Å²) in [6, 6.07) is 9.56. The van der Waals surface area contributed by atoms with Crippen LogP contribution in [-0.4, -0.2) is 48.6 Å². The summed E-state index contributed by atoms with van der Waals surface area (Å²) in [7, 11) is 0. The smallest absolute Gasteiger partial charge is 0.357 e. The van der Waals surface area contributed by atoms with Gasteiger partial charge in [-0.2, -0.15) is 18.3 Å². The molecule has 1 fully saturated rings. The van der Waals surface area contributed by atoms with E-state index in [1.165, 1.54) is 5.01 Å². The van der Waals surface area contributed by atoms with Crippen LogP contribution >= 0.6 is 0 Å². The van der Waals surface area contributed by atoms with E-state index in [0.29, 0.717) is 11.4 Å². The number of nitrogens with one attached hydrogen (secondary N) is 2. The zero-order chi connectivity index (χ0) is 22.7. The number of hydrogen-bond donors (Lipinski definition) is 2. The number of pyridine rings is 1. The Kier molecular flexibility index (Phi) is 6.20. The third-order valence-electron chi connectivity index (χ3n) is 5.53. The Morgan fingerprint density at radius 3 is 2.62 bits per heavy atom. The van der Waals surface area contributed by atoms with Crippen molar-refractivity contribution < 1.29 is 18.0 Å². The second kappa shape index (κ2) is 9.05. The molecule has 0 saturated carbocycles. The molecule has 10 heteroatoms. The van der Waals surface area contributed by atoms with E-state index in [2.05, 4.69) is 25.6 Å². The van der Waals surface area contributed by atoms with E-state index in [1.807, 2.05) is 19.1 Å². The van der Waals surface area contributed by atoms with Crippen LogP contribution in [0.3, 0.4) is 0 Å². The molecule has 2 aliphatic rings. The lowest BCUT2D eigenvalue weighted by molar-refractivity contribution is -0.0600. The van der Waals surface area contributed by atoms with Crippen LogP contribution in [0, 0.1) is 6.92 Å². The van der Waals surface area contributed by atoms with Gasteiger partial charge in [0, 0.05) is 26.1 Å². The third-order valence-corrected chi connectivity index (χ3v) is 5.53. The predicted molar refractivity (Wildman–Crippen MR) is 118 cm³/mol. The van der Waals surface area contributed by atoms with Crippen molar-refractivity contribution in [3.63, 3.8) is 0 Å². The zero-order valence-electron chi connectivity index (χ0n) is 17.7. The predicted octanol–water partition coefficient (Wildman–Crippen LogP) is 4.31. The highest BCUT2D eigenvalue weighted by atomic mass is 19.4. The molecule has 1 aromatic heterocycles. The molecule has 0 bridgehead atoms. The molecule has 32 heavy (non-hydrogen) atoms. The number of aryl methyl sites for hydroxylation is 1. The number of alkyl halides is 3. The second-order valence-corrected chi connectivity index (χ2v) is 8.02. The lowest BCUT2D eigenvalue weighted by Crippen LogP contribution is -2.41. The molecule has 2 amide bonds. The first kappa shape index (κ1) is 21.9. The van der Waals surface area contributed by atoms with Crippen molar-refractivity contribution in [2.24, 2.45) is 5.10 Å². The first-order valence-corrected chi connectivity index (χ1v) is 10.6. The fourth-order valence-corrected chi connectivity index (χ4v) is 3.91. The number of anilines is 3. The van der Waals surface area contributed by atoms with E-state index in [9.17, 15) is 18.0 Å². The molecular formula is C22H25F3N6O. The van der Waals surface area contributed by atoms with Crippen LogP contribution in [0.25, 0.3) is 0 Å². The van der Waals surface area contributed by atoms with E-state index in [-0.39, 0.29) is 13.0 Å². The number of aromatic nitrogens is 1. The van der Waals surface area contributed by atoms with Crippen molar-refractivity contribution in [1.29, 1.82) is 0 Å². The number of rotatable bonds is 5. The fraction of sp³-hybridized carbons (Fsp3) is 0.409. The Morgan fingerprint density at radius 2 is 1.97 bits per heavy atom. The SMILES string of the molecule is Cc1cccc(N2N=C(C(F)(F)F)CC2CNC(=O)Nc2ccc(N3CCCC3)nc2)c1. The monoisotopic (exact) mass is 446 g/mol. The first-order valence-electron chi connectivity index (χ1n) is 10.6. The van der Waals surface area contributed by atoms with Crippen molar-refractivity contribution in [2.75, 3.05) is 34.9 Å². The molecule has 2 aliphatic heterocycles. The number of carbonyl (C=O) groups excluding carboxylic acids is 1. The Bertz CT molecular complexity index is 986. The number of nitrogens with zero attached hydrogens (tertiary/aromatic N) is 4. The van der Waals surface area contributed by atoms with Gasteiger partial charge >= 0.3 is 12.2 Å². The van der Waals surface area contributed by atoms with Gasteiger partial charge in [0.2, 0.25) is 0 Å². The highest BCUT2D eigenvalue weighted by Crippen LogP contribution is 2.31. The van der Waals surface area contributed by atoms with Gasteiger partial charge in [-0.05, 0) is 49.6 Å². The molecule has 170 valence electrons. The molecular weight excluding hydrogens is 421 g/mol. The third kappa shape index (κ3) is 5.12. The number of hydrazone groups is 1. The molecule has 0 radical (unpaired) electrons. The van der Waals surface area contributed by atoms with Gasteiger partial charge in [-0.3, -0.25) is 5.01 Å². The molecule has 2 aromatic rings. The van der Waals surface area contributed by atoms with Crippen LogP contribution in [0.4, 0.5) is 35.2 Å². The summed E-state index contributed by atoms with van der Waals surface area (Å²) in [6.45, 7) is 3.81. The molecule has 1 aromatic carbocycles. The quantitative estimate of drug-likeness (QED) is 0.718. The van der Waals surface area contributed by atoms with Gasteiger partial charge in [0.25, 0.3) is 0 Å². The number of benzene rings is 1. The van der Waals surface area contributed by atoms with Crippen LogP contribution in [-0.2, 0) is 0 Å². The van der Waals surface area contributed by atoms with E-state index in [0.717, 1.165) is 37.3 Å². The molecule has 3 heterocycles. The summed E-state index contributed by atoms with van der Waals surface area (Å²) < 4.78 is 39.8.